The molecular weight excluding hydrogens is 591 g/mol. The zero-order chi connectivity index (χ0) is 33.1. The molecule has 3 amide bonds. The van der Waals surface area contributed by atoms with Crippen molar-refractivity contribution in [3.63, 3.8) is 0 Å². The van der Waals surface area contributed by atoms with E-state index >= 15 is 0 Å². The van der Waals surface area contributed by atoms with Gasteiger partial charge in [0.25, 0.3) is 0 Å². The molecule has 2 N–H and O–H groups in total. The van der Waals surface area contributed by atoms with Crippen LogP contribution in [0.25, 0.3) is 10.4 Å². The van der Waals surface area contributed by atoms with Crippen LogP contribution in [0.15, 0.2) is 29.8 Å². The number of thiazole rings is 1. The molecule has 4 rings (SSSR count). The van der Waals surface area contributed by atoms with Gasteiger partial charge in [0, 0.05) is 6.54 Å². The van der Waals surface area contributed by atoms with Crippen molar-refractivity contribution in [2.24, 2.45) is 5.41 Å². The summed E-state index contributed by atoms with van der Waals surface area (Å²) >= 11 is 1.62. The molecule has 251 valence electrons. The van der Waals surface area contributed by atoms with Gasteiger partial charge in [0.1, 0.15) is 12.1 Å². The number of carbonyl (C=O) groups is 3. The van der Waals surface area contributed by atoms with E-state index in [0.717, 1.165) is 53.8 Å². The molecule has 1 saturated heterocycles. The first-order valence-corrected chi connectivity index (χ1v) is 18.7. The summed E-state index contributed by atoms with van der Waals surface area (Å²) in [5.74, 6) is -0.231. The maximum atomic E-state index is 14.1. The number of hydrogen-bond acceptors (Lipinski definition) is 5. The molecule has 1 aromatic heterocycles. The normalized spacial score (nSPS) is 20.5. The highest BCUT2D eigenvalue weighted by atomic mass is 32.1. The molecule has 0 bridgehead atoms. The number of aryl methyl sites for hydroxylation is 1. The minimum absolute atomic E-state index is 0.143. The minimum Gasteiger partial charge on any atom is -0.353 e. The van der Waals surface area contributed by atoms with Crippen molar-refractivity contribution in [2.45, 2.75) is 148 Å². The van der Waals surface area contributed by atoms with E-state index in [0.29, 0.717) is 13.0 Å². The number of aromatic nitrogens is 1. The van der Waals surface area contributed by atoms with Gasteiger partial charge in [0.2, 0.25) is 19.1 Å². The molecule has 1 aliphatic carbocycles. The molecule has 1 aromatic carbocycles. The Morgan fingerprint density at radius 2 is 1.46 bits per heavy atom. The van der Waals surface area contributed by atoms with Crippen molar-refractivity contribution in [3.05, 3.63) is 41.0 Å². The van der Waals surface area contributed by atoms with Gasteiger partial charge < -0.3 is 15.5 Å². The second-order valence-electron chi connectivity index (χ2n) is 14.7. The third-order valence-electron chi connectivity index (χ3n) is 9.80. The first-order valence-electron chi connectivity index (χ1n) is 17.8. The molecule has 2 heterocycles. The maximum Gasteiger partial charge on any atom is 0.246 e. The summed E-state index contributed by atoms with van der Waals surface area (Å²) in [6.07, 6.45) is 16.1. The molecule has 3 atom stereocenters. The molecule has 2 fully saturated rings. The van der Waals surface area contributed by atoms with Crippen molar-refractivity contribution in [1.29, 1.82) is 0 Å². The molecule has 2 aromatic rings. The van der Waals surface area contributed by atoms with E-state index in [1.165, 1.54) is 51.4 Å². The molecular formula is C37H56BN4O3S. The van der Waals surface area contributed by atoms with Crippen LogP contribution in [-0.2, 0) is 9.59 Å². The fraction of sp³-hybridized carbons (Fsp3) is 0.676. The second-order valence-corrected chi connectivity index (χ2v) is 15.5. The van der Waals surface area contributed by atoms with Crippen LogP contribution in [0.1, 0.15) is 135 Å². The third-order valence-corrected chi connectivity index (χ3v) is 10.8. The van der Waals surface area contributed by atoms with Gasteiger partial charge in [-0.05, 0) is 43.2 Å². The molecule has 46 heavy (non-hydrogen) atoms. The number of nitrogens with one attached hydrogen (secondary N) is 2. The number of rotatable bonds is 8. The van der Waals surface area contributed by atoms with Crippen molar-refractivity contribution in [2.75, 3.05) is 6.54 Å². The number of carbonyl (C=O) groups excluding carboxylic acids is 3. The Morgan fingerprint density at radius 1 is 0.870 bits per heavy atom. The van der Waals surface area contributed by atoms with Crippen LogP contribution in [0.5, 0.6) is 0 Å². The summed E-state index contributed by atoms with van der Waals surface area (Å²) in [7, 11) is 1.85. The molecule has 1 aliphatic heterocycles. The van der Waals surface area contributed by atoms with Crippen molar-refractivity contribution < 1.29 is 14.4 Å². The minimum atomic E-state index is -0.709. The van der Waals surface area contributed by atoms with Gasteiger partial charge in [-0.25, -0.2) is 4.98 Å². The van der Waals surface area contributed by atoms with E-state index < -0.39 is 17.5 Å². The molecule has 7 nitrogen and oxygen atoms in total. The zero-order valence-corrected chi connectivity index (χ0v) is 29.7. The standard InChI is InChI=1S/C37H56BN4O3S/c1-26(28-20-22-29(23-21-28)32-27(2)39-25-46-32)40-34(43)31-19-16-24-42(31)35(44)33(37(3,4)5)41-36(45)38-30-17-14-12-10-8-6-7-9-11-13-15-18-30/h20-23,25-26,30-31,33H,6-19,24H2,1-5H3,(H,40,43)(H,41,45)/t26-,31-,33?/m0/s1. The Kier molecular flexibility index (Phi) is 13.7. The van der Waals surface area contributed by atoms with E-state index in [9.17, 15) is 14.4 Å². The average molecular weight is 648 g/mol. The molecule has 2 aliphatic rings. The highest BCUT2D eigenvalue weighted by molar-refractivity contribution is 7.13. The van der Waals surface area contributed by atoms with Gasteiger partial charge in [-0.15, -0.1) is 11.3 Å². The maximum absolute atomic E-state index is 14.1. The predicted molar refractivity (Wildman–Crippen MR) is 190 cm³/mol. The van der Waals surface area contributed by atoms with Gasteiger partial charge in [-0.3, -0.25) is 14.4 Å². The second kappa shape index (κ2) is 17.5. The topological polar surface area (TPSA) is 91.4 Å². The third kappa shape index (κ3) is 10.4. The quantitative estimate of drug-likeness (QED) is 0.281. The smallest absolute Gasteiger partial charge is 0.246 e. The van der Waals surface area contributed by atoms with E-state index in [-0.39, 0.29) is 29.5 Å². The van der Waals surface area contributed by atoms with E-state index in [1.54, 1.807) is 16.2 Å². The van der Waals surface area contributed by atoms with Gasteiger partial charge in [-0.1, -0.05) is 128 Å². The Hall–Kier alpha value is -2.68. The lowest BCUT2D eigenvalue weighted by atomic mass is 9.59. The average Bonchev–Trinajstić information content (AvgIpc) is 3.69. The van der Waals surface area contributed by atoms with Gasteiger partial charge in [-0.2, -0.15) is 0 Å². The number of amides is 3. The van der Waals surface area contributed by atoms with Crippen molar-refractivity contribution in [1.82, 2.24) is 20.5 Å². The van der Waals surface area contributed by atoms with Gasteiger partial charge in [0.05, 0.1) is 22.1 Å². The van der Waals surface area contributed by atoms with Crippen LogP contribution in [0, 0.1) is 12.3 Å². The summed E-state index contributed by atoms with van der Waals surface area (Å²) in [6.45, 7) is 10.5. The number of benzene rings is 1. The van der Waals surface area contributed by atoms with Crippen LogP contribution >= 0.6 is 11.3 Å². The molecule has 0 spiro atoms. The Morgan fingerprint density at radius 3 is 2.00 bits per heavy atom. The van der Waals surface area contributed by atoms with E-state index in [4.69, 9.17) is 0 Å². The summed E-state index contributed by atoms with van der Waals surface area (Å²) in [6, 6.07) is 6.77. The van der Waals surface area contributed by atoms with Crippen LogP contribution in [-0.4, -0.2) is 53.4 Å². The first kappa shape index (κ1) is 36.2. The Balaban J connectivity index is 1.36. The fourth-order valence-electron chi connectivity index (χ4n) is 6.96. The lowest BCUT2D eigenvalue weighted by Gasteiger charge is -2.36. The SMILES string of the molecule is Cc1ncsc1-c1ccc([C@H](C)NC(=O)[C@@H]2CCCN2C(=O)C(NC(=O)[B]C2CCCCCCCCCCCC2)C(C)(C)C)cc1. The fourth-order valence-corrected chi connectivity index (χ4v) is 7.77. The summed E-state index contributed by atoms with van der Waals surface area (Å²) in [4.78, 5) is 48.3. The van der Waals surface area contributed by atoms with E-state index in [1.807, 2.05) is 59.5 Å². The molecule has 1 radical (unpaired) electrons. The molecule has 1 saturated carbocycles. The summed E-state index contributed by atoms with van der Waals surface area (Å²) < 4.78 is 0. The van der Waals surface area contributed by atoms with Crippen LogP contribution < -0.4 is 10.6 Å². The molecule has 1 unspecified atom stereocenters. The number of likely N-dealkylation sites (tertiary alicyclic amines) is 1. The van der Waals surface area contributed by atoms with Crippen LogP contribution in [0.4, 0.5) is 4.79 Å². The Labute approximate surface area is 282 Å². The van der Waals surface area contributed by atoms with E-state index in [2.05, 4.69) is 27.8 Å². The van der Waals surface area contributed by atoms with Crippen LogP contribution in [0.2, 0.25) is 5.82 Å². The first-order chi connectivity index (χ1) is 22.0. The lowest BCUT2D eigenvalue weighted by Crippen LogP contribution is -2.58. The number of nitrogens with zero attached hydrogens (tertiary/aromatic N) is 2. The highest BCUT2D eigenvalue weighted by Gasteiger charge is 2.42. The lowest BCUT2D eigenvalue weighted by molar-refractivity contribution is -0.142. The van der Waals surface area contributed by atoms with Crippen LogP contribution in [0.3, 0.4) is 0 Å². The Bertz CT molecular complexity index is 1260. The highest BCUT2D eigenvalue weighted by Crippen LogP contribution is 2.30. The summed E-state index contributed by atoms with van der Waals surface area (Å²) in [5, 5.41) is 6.26. The predicted octanol–water partition coefficient (Wildman–Crippen LogP) is 8.60. The summed E-state index contributed by atoms with van der Waals surface area (Å²) in [5.41, 5.74) is 4.49. The van der Waals surface area contributed by atoms with Gasteiger partial charge in [0.15, 0.2) is 5.81 Å². The largest absolute Gasteiger partial charge is 0.353 e. The van der Waals surface area contributed by atoms with Gasteiger partial charge >= 0.3 is 0 Å². The number of hydrogen-bond donors (Lipinski definition) is 2. The van der Waals surface area contributed by atoms with Crippen molar-refractivity contribution in [3.8, 4) is 10.4 Å². The molecule has 9 heteroatoms. The van der Waals surface area contributed by atoms with Crippen molar-refractivity contribution >= 4 is 36.2 Å². The zero-order valence-electron chi connectivity index (χ0n) is 28.9. The monoisotopic (exact) mass is 647 g/mol.